The van der Waals surface area contributed by atoms with Gasteiger partial charge in [0.25, 0.3) is 5.91 Å². The molecular formula is C30H37F2N5O10. The SMILES string of the molecule is COC(=O)N[C@@H]1C[C@@H](C(=O)N2CCOCC2C(=O)OC)N(C(=O)c2nc(-c3ccc(OC(F)F)c(OCC4CC4)c3)oc2[C@H](C)N)C1. The van der Waals surface area contributed by atoms with Crippen LogP contribution in [0.25, 0.3) is 11.5 Å². The molecule has 1 saturated carbocycles. The summed E-state index contributed by atoms with van der Waals surface area (Å²) in [6.07, 6.45) is 1.20. The second-order valence-corrected chi connectivity index (χ2v) is 11.5. The van der Waals surface area contributed by atoms with E-state index in [1.165, 1.54) is 42.2 Å². The Labute approximate surface area is 268 Å². The van der Waals surface area contributed by atoms with Gasteiger partial charge in [0.2, 0.25) is 11.8 Å². The average Bonchev–Trinajstić information content (AvgIpc) is 3.62. The smallest absolute Gasteiger partial charge is 0.407 e. The van der Waals surface area contributed by atoms with Crippen LogP contribution in [-0.2, 0) is 23.8 Å². The number of methoxy groups -OCH3 is 2. The van der Waals surface area contributed by atoms with Gasteiger partial charge in [0.1, 0.15) is 6.04 Å². The van der Waals surface area contributed by atoms with Crippen LogP contribution in [0.3, 0.4) is 0 Å². The molecule has 256 valence electrons. The van der Waals surface area contributed by atoms with Crippen molar-refractivity contribution < 1.29 is 56.1 Å². The Morgan fingerprint density at radius 1 is 1.11 bits per heavy atom. The number of hydrogen-bond acceptors (Lipinski definition) is 12. The van der Waals surface area contributed by atoms with Crippen LogP contribution in [0, 0.1) is 5.92 Å². The number of aromatic nitrogens is 1. The molecule has 1 aliphatic carbocycles. The first-order valence-electron chi connectivity index (χ1n) is 15.1. The molecule has 2 aromatic rings. The van der Waals surface area contributed by atoms with E-state index in [9.17, 15) is 28.0 Å². The maximum atomic E-state index is 14.2. The van der Waals surface area contributed by atoms with Gasteiger partial charge in [-0.2, -0.15) is 8.78 Å². The van der Waals surface area contributed by atoms with E-state index in [0.29, 0.717) is 18.1 Å². The predicted octanol–water partition coefficient (Wildman–Crippen LogP) is 2.09. The summed E-state index contributed by atoms with van der Waals surface area (Å²) in [4.78, 5) is 59.7. The van der Waals surface area contributed by atoms with E-state index in [4.69, 9.17) is 29.1 Å². The zero-order valence-electron chi connectivity index (χ0n) is 26.1. The van der Waals surface area contributed by atoms with E-state index >= 15 is 0 Å². The highest BCUT2D eigenvalue weighted by Gasteiger charge is 2.46. The van der Waals surface area contributed by atoms with Gasteiger partial charge in [-0.3, -0.25) is 9.59 Å². The van der Waals surface area contributed by atoms with Crippen LogP contribution in [0.5, 0.6) is 11.5 Å². The number of esters is 1. The van der Waals surface area contributed by atoms with E-state index in [0.717, 1.165) is 12.8 Å². The standard InChI is InChI=1S/C30H37F2N5O10/c1-15(33)24-23(35-25(47-24)17-6-7-21(46-29(31)32)22(10-17)45-13-16-4-5-16)27(39)37-12-18(34-30(41)43-3)11-19(37)26(38)36-8-9-44-14-20(36)28(40)42-2/h6-7,10,15-16,18-20,29H,4-5,8-9,11-14,33H2,1-3H3,(H,34,41)/t15-,18+,19-,20?/m0/s1. The minimum absolute atomic E-state index is 0.00717. The Hall–Kier alpha value is -4.51. The quantitative estimate of drug-likeness (QED) is 0.334. The lowest BCUT2D eigenvalue weighted by atomic mass is 10.1. The molecule has 47 heavy (non-hydrogen) atoms. The van der Waals surface area contributed by atoms with Crippen molar-refractivity contribution in [3.63, 3.8) is 0 Å². The summed E-state index contributed by atoms with van der Waals surface area (Å²) in [5, 5.41) is 2.63. The molecule has 3 aliphatic rings. The second-order valence-electron chi connectivity index (χ2n) is 11.5. The number of carbonyl (C=O) groups is 4. The second kappa shape index (κ2) is 14.5. The number of oxazole rings is 1. The zero-order chi connectivity index (χ0) is 33.8. The van der Waals surface area contributed by atoms with Gasteiger partial charge >= 0.3 is 18.7 Å². The number of alkyl carbamates (subject to hydrolysis) is 1. The predicted molar refractivity (Wildman–Crippen MR) is 156 cm³/mol. The van der Waals surface area contributed by atoms with Gasteiger partial charge in [0.05, 0.1) is 46.1 Å². The van der Waals surface area contributed by atoms with Crippen molar-refractivity contribution in [2.75, 3.05) is 47.1 Å². The highest BCUT2D eigenvalue weighted by molar-refractivity contribution is 5.98. The number of carbonyl (C=O) groups excluding carboxylic acids is 4. The maximum Gasteiger partial charge on any atom is 0.407 e. The molecule has 1 aromatic carbocycles. The largest absolute Gasteiger partial charge is 0.489 e. The molecule has 2 saturated heterocycles. The molecule has 3 N–H and O–H groups in total. The Bertz CT molecular complexity index is 1480. The maximum absolute atomic E-state index is 14.2. The number of hydrogen-bond donors (Lipinski definition) is 2. The number of nitrogens with one attached hydrogen (secondary N) is 1. The number of nitrogens with zero attached hydrogens (tertiary/aromatic N) is 3. The van der Waals surface area contributed by atoms with Gasteiger partial charge in [-0.1, -0.05) is 0 Å². The van der Waals surface area contributed by atoms with Crippen molar-refractivity contribution in [1.29, 1.82) is 0 Å². The van der Waals surface area contributed by atoms with Gasteiger partial charge in [-0.05, 0) is 50.3 Å². The summed E-state index contributed by atoms with van der Waals surface area (Å²) in [6, 6.07) is 0.481. The van der Waals surface area contributed by atoms with Gasteiger partial charge in [-0.25, -0.2) is 14.6 Å². The number of amides is 3. The Balaban J connectivity index is 1.47. The third-order valence-electron chi connectivity index (χ3n) is 8.09. The first-order valence-corrected chi connectivity index (χ1v) is 15.1. The number of likely N-dealkylation sites (tertiary alicyclic amines) is 1. The van der Waals surface area contributed by atoms with Gasteiger partial charge < -0.3 is 49.0 Å². The van der Waals surface area contributed by atoms with Crippen molar-refractivity contribution in [2.45, 2.75) is 57.0 Å². The van der Waals surface area contributed by atoms with E-state index in [1.54, 1.807) is 6.92 Å². The van der Waals surface area contributed by atoms with Crippen LogP contribution in [0.2, 0.25) is 0 Å². The number of alkyl halides is 2. The lowest BCUT2D eigenvalue weighted by Gasteiger charge is -2.36. The molecule has 15 nitrogen and oxygen atoms in total. The van der Waals surface area contributed by atoms with Crippen molar-refractivity contribution >= 4 is 23.9 Å². The van der Waals surface area contributed by atoms with Crippen molar-refractivity contribution in [1.82, 2.24) is 20.1 Å². The summed E-state index contributed by atoms with van der Waals surface area (Å²) >= 11 is 0. The minimum atomic E-state index is -3.08. The first kappa shape index (κ1) is 33.8. The van der Waals surface area contributed by atoms with Crippen LogP contribution in [0.15, 0.2) is 22.6 Å². The summed E-state index contributed by atoms with van der Waals surface area (Å²) in [6.45, 7) is -1.13. The fraction of sp³-hybridized carbons (Fsp3) is 0.567. The Kier molecular flexibility index (Phi) is 10.4. The molecule has 0 spiro atoms. The lowest BCUT2D eigenvalue weighted by molar-refractivity contribution is -0.162. The Morgan fingerprint density at radius 2 is 1.87 bits per heavy atom. The van der Waals surface area contributed by atoms with Crippen molar-refractivity contribution in [3.8, 4) is 23.0 Å². The molecule has 5 rings (SSSR count). The number of benzene rings is 1. The van der Waals surface area contributed by atoms with E-state index in [-0.39, 0.29) is 61.6 Å². The summed E-state index contributed by atoms with van der Waals surface area (Å²) in [5.74, 6) is -1.79. The fourth-order valence-electron chi connectivity index (χ4n) is 5.51. The minimum Gasteiger partial charge on any atom is -0.489 e. The summed E-state index contributed by atoms with van der Waals surface area (Å²) in [7, 11) is 2.38. The molecule has 1 unspecified atom stereocenters. The molecule has 1 aromatic heterocycles. The number of ether oxygens (including phenoxy) is 5. The zero-order valence-corrected chi connectivity index (χ0v) is 26.1. The molecule has 2 aliphatic heterocycles. The van der Waals surface area contributed by atoms with Crippen molar-refractivity contribution in [3.05, 3.63) is 29.7 Å². The van der Waals surface area contributed by atoms with Gasteiger partial charge in [0.15, 0.2) is 29.0 Å². The summed E-state index contributed by atoms with van der Waals surface area (Å²) in [5.41, 5.74) is 6.29. The molecule has 3 heterocycles. The number of halogens is 2. The molecule has 0 radical (unpaired) electrons. The van der Waals surface area contributed by atoms with E-state index in [2.05, 4.69) is 15.0 Å². The third kappa shape index (κ3) is 7.73. The average molecular weight is 666 g/mol. The molecular weight excluding hydrogens is 628 g/mol. The van der Waals surface area contributed by atoms with E-state index < -0.39 is 54.7 Å². The van der Waals surface area contributed by atoms with Crippen molar-refractivity contribution in [2.24, 2.45) is 11.7 Å². The van der Waals surface area contributed by atoms with Crippen LogP contribution in [-0.4, -0.2) is 111 Å². The lowest BCUT2D eigenvalue weighted by Crippen LogP contribution is -2.58. The number of morpholine rings is 1. The van der Waals surface area contributed by atoms with Crippen LogP contribution < -0.4 is 20.5 Å². The molecule has 0 bridgehead atoms. The normalized spacial score (nSPS) is 21.7. The highest BCUT2D eigenvalue weighted by Crippen LogP contribution is 2.37. The molecule has 4 atom stereocenters. The van der Waals surface area contributed by atoms with Gasteiger partial charge in [-0.15, -0.1) is 0 Å². The van der Waals surface area contributed by atoms with E-state index in [1.807, 2.05) is 0 Å². The third-order valence-corrected chi connectivity index (χ3v) is 8.09. The molecule has 3 fully saturated rings. The topological polar surface area (TPSA) is 185 Å². The van der Waals surface area contributed by atoms with Crippen LogP contribution in [0.1, 0.15) is 48.5 Å². The van der Waals surface area contributed by atoms with Crippen LogP contribution in [0.4, 0.5) is 13.6 Å². The number of nitrogens with two attached hydrogens (primary N) is 1. The molecule has 17 heteroatoms. The summed E-state index contributed by atoms with van der Waals surface area (Å²) < 4.78 is 57.4. The van der Waals surface area contributed by atoms with Gasteiger partial charge in [0, 0.05) is 18.7 Å². The Morgan fingerprint density at radius 3 is 2.53 bits per heavy atom. The first-order chi connectivity index (χ1) is 22.5. The molecule has 3 amide bonds. The van der Waals surface area contributed by atoms with Crippen LogP contribution >= 0.6 is 0 Å². The monoisotopic (exact) mass is 665 g/mol. The fourth-order valence-corrected chi connectivity index (χ4v) is 5.51. The highest BCUT2D eigenvalue weighted by atomic mass is 19.3. The number of rotatable bonds is 11.